The summed E-state index contributed by atoms with van der Waals surface area (Å²) < 4.78 is 0. The largest absolute Gasteiger partial charge is 0.300 e. The van der Waals surface area contributed by atoms with Gasteiger partial charge < -0.3 is 4.90 Å². The van der Waals surface area contributed by atoms with Gasteiger partial charge in [-0.05, 0) is 32.7 Å². The van der Waals surface area contributed by atoms with Crippen molar-refractivity contribution in [1.29, 1.82) is 0 Å². The molecule has 0 aliphatic carbocycles. The third-order valence-electron chi connectivity index (χ3n) is 4.22. The second kappa shape index (κ2) is 3.74. The molecule has 0 aromatic carbocycles. The van der Waals surface area contributed by atoms with Crippen LogP contribution in [-0.2, 0) is 4.79 Å². The average molecular weight is 240 g/mol. The van der Waals surface area contributed by atoms with Crippen molar-refractivity contribution in [3.05, 3.63) is 0 Å². The van der Waals surface area contributed by atoms with Crippen molar-refractivity contribution in [2.24, 2.45) is 0 Å². The van der Waals surface area contributed by atoms with Crippen molar-refractivity contribution >= 4 is 22.9 Å². The molecule has 88 valence electrons. The number of fused-ring (bicyclic) bond motifs is 2. The maximum Gasteiger partial charge on any atom is 0.289 e. The van der Waals surface area contributed by atoms with E-state index in [1.54, 1.807) is 0 Å². The lowest BCUT2D eigenvalue weighted by molar-refractivity contribution is -0.127. The zero-order valence-corrected chi connectivity index (χ0v) is 10.2. The Bertz CT molecular complexity index is 317. The minimum absolute atomic E-state index is 0.0175. The number of amides is 2. The number of piperidine rings is 1. The molecule has 16 heavy (non-hydrogen) atoms. The maximum atomic E-state index is 11.7. The van der Waals surface area contributed by atoms with Gasteiger partial charge in [-0.1, -0.05) is 11.8 Å². The van der Waals surface area contributed by atoms with Crippen LogP contribution in [0.1, 0.15) is 25.7 Å². The predicted octanol–water partition coefficient (Wildman–Crippen LogP) is 1.31. The lowest BCUT2D eigenvalue weighted by Crippen LogP contribution is -2.50. The number of imide groups is 1. The summed E-state index contributed by atoms with van der Waals surface area (Å²) in [5.41, 5.74) is 0. The lowest BCUT2D eigenvalue weighted by Gasteiger charge is -2.39. The molecule has 3 saturated heterocycles. The van der Waals surface area contributed by atoms with Gasteiger partial charge >= 0.3 is 0 Å². The molecule has 4 nitrogen and oxygen atoms in total. The molecule has 1 unspecified atom stereocenters. The van der Waals surface area contributed by atoms with E-state index < -0.39 is 0 Å². The SMILES string of the molecule is CN1[C@@H]2CC[C@H]1CC(N1C(=O)CSC1=O)C2. The molecule has 3 atom stereocenters. The van der Waals surface area contributed by atoms with E-state index in [-0.39, 0.29) is 17.2 Å². The standard InChI is InChI=1S/C11H16N2O2S/c1-12-7-2-3-8(12)5-9(4-7)13-10(14)6-16-11(13)15/h7-9H,2-6H2,1H3/t7-,8+,9?. The number of carbonyl (C=O) groups excluding carboxylic acids is 2. The van der Waals surface area contributed by atoms with E-state index >= 15 is 0 Å². The van der Waals surface area contributed by atoms with Gasteiger partial charge in [-0.15, -0.1) is 0 Å². The van der Waals surface area contributed by atoms with E-state index in [0.29, 0.717) is 17.8 Å². The molecule has 0 aromatic rings. The minimum Gasteiger partial charge on any atom is -0.300 e. The summed E-state index contributed by atoms with van der Waals surface area (Å²) in [7, 11) is 2.17. The molecule has 3 aliphatic rings. The van der Waals surface area contributed by atoms with Crippen LogP contribution in [0.25, 0.3) is 0 Å². The van der Waals surface area contributed by atoms with Gasteiger partial charge in [0.05, 0.1) is 5.75 Å². The smallest absolute Gasteiger partial charge is 0.289 e. The lowest BCUT2D eigenvalue weighted by atomic mass is 9.97. The van der Waals surface area contributed by atoms with Crippen molar-refractivity contribution in [1.82, 2.24) is 9.80 Å². The van der Waals surface area contributed by atoms with Gasteiger partial charge in [-0.25, -0.2) is 0 Å². The summed E-state index contributed by atoms with van der Waals surface area (Å²) in [4.78, 5) is 27.3. The molecule has 3 rings (SSSR count). The molecule has 2 bridgehead atoms. The number of carbonyl (C=O) groups is 2. The Balaban J connectivity index is 1.77. The van der Waals surface area contributed by atoms with E-state index in [4.69, 9.17) is 0 Å². The van der Waals surface area contributed by atoms with Gasteiger partial charge in [0.2, 0.25) is 5.91 Å². The summed E-state index contributed by atoms with van der Waals surface area (Å²) in [6.45, 7) is 0. The quantitative estimate of drug-likeness (QED) is 0.693. The Labute approximate surface area is 99.3 Å². The molecule has 2 amide bonds. The Kier molecular flexibility index (Phi) is 2.47. The van der Waals surface area contributed by atoms with Crippen LogP contribution in [0.2, 0.25) is 0 Å². The van der Waals surface area contributed by atoms with Crippen LogP contribution in [0.3, 0.4) is 0 Å². The first-order valence-electron chi connectivity index (χ1n) is 5.87. The first-order valence-corrected chi connectivity index (χ1v) is 6.86. The van der Waals surface area contributed by atoms with Crippen LogP contribution in [0.4, 0.5) is 4.79 Å². The number of hydrogen-bond acceptors (Lipinski definition) is 4. The average Bonchev–Trinajstić information content (AvgIpc) is 2.67. The van der Waals surface area contributed by atoms with Gasteiger partial charge in [-0.2, -0.15) is 0 Å². The summed E-state index contributed by atoms with van der Waals surface area (Å²) >= 11 is 1.15. The Hall–Kier alpha value is -0.550. The summed E-state index contributed by atoms with van der Waals surface area (Å²) in [6.07, 6.45) is 4.40. The summed E-state index contributed by atoms with van der Waals surface area (Å²) in [5, 5.41) is -0.0287. The zero-order chi connectivity index (χ0) is 11.3. The van der Waals surface area contributed by atoms with Crippen molar-refractivity contribution in [2.45, 2.75) is 43.8 Å². The fourth-order valence-electron chi connectivity index (χ4n) is 3.31. The number of rotatable bonds is 1. The number of nitrogens with zero attached hydrogens (tertiary/aromatic N) is 2. The molecular formula is C11H16N2O2S. The Morgan fingerprint density at radius 2 is 1.75 bits per heavy atom. The molecule has 3 heterocycles. The fourth-order valence-corrected chi connectivity index (χ4v) is 4.09. The Morgan fingerprint density at radius 1 is 1.12 bits per heavy atom. The van der Waals surface area contributed by atoms with Gasteiger partial charge in [0, 0.05) is 18.1 Å². The van der Waals surface area contributed by atoms with Crippen molar-refractivity contribution in [2.75, 3.05) is 12.8 Å². The van der Waals surface area contributed by atoms with Crippen LogP contribution in [0.15, 0.2) is 0 Å². The van der Waals surface area contributed by atoms with Crippen LogP contribution < -0.4 is 0 Å². The monoisotopic (exact) mass is 240 g/mol. The van der Waals surface area contributed by atoms with E-state index in [9.17, 15) is 9.59 Å². The molecule has 0 N–H and O–H groups in total. The summed E-state index contributed by atoms with van der Waals surface area (Å²) in [5.74, 6) is 0.365. The maximum absolute atomic E-state index is 11.7. The highest BCUT2D eigenvalue weighted by molar-refractivity contribution is 8.14. The topological polar surface area (TPSA) is 40.6 Å². The van der Waals surface area contributed by atoms with E-state index in [0.717, 1.165) is 24.6 Å². The van der Waals surface area contributed by atoms with Crippen molar-refractivity contribution < 1.29 is 9.59 Å². The van der Waals surface area contributed by atoms with E-state index in [2.05, 4.69) is 11.9 Å². The van der Waals surface area contributed by atoms with Gasteiger partial charge in [0.1, 0.15) is 0 Å². The van der Waals surface area contributed by atoms with Crippen LogP contribution in [0, 0.1) is 0 Å². The second-order valence-corrected chi connectivity index (χ2v) is 5.92. The third-order valence-corrected chi connectivity index (χ3v) is 5.06. The number of hydrogen-bond donors (Lipinski definition) is 0. The third kappa shape index (κ3) is 1.49. The molecule has 5 heteroatoms. The summed E-state index contributed by atoms with van der Waals surface area (Å²) in [6, 6.07) is 1.33. The van der Waals surface area contributed by atoms with E-state index in [1.807, 2.05) is 0 Å². The zero-order valence-electron chi connectivity index (χ0n) is 9.39. The highest BCUT2D eigenvalue weighted by Crippen LogP contribution is 2.38. The van der Waals surface area contributed by atoms with Crippen molar-refractivity contribution in [3.63, 3.8) is 0 Å². The Morgan fingerprint density at radius 3 is 2.25 bits per heavy atom. The molecule has 0 saturated carbocycles. The van der Waals surface area contributed by atoms with Crippen molar-refractivity contribution in [3.8, 4) is 0 Å². The first kappa shape index (κ1) is 10.6. The highest BCUT2D eigenvalue weighted by Gasteiger charge is 2.45. The number of thioether (sulfide) groups is 1. The second-order valence-electron chi connectivity index (χ2n) is 4.99. The highest BCUT2D eigenvalue weighted by atomic mass is 32.2. The minimum atomic E-state index is -0.0287. The molecule has 0 spiro atoms. The first-order chi connectivity index (χ1) is 7.66. The van der Waals surface area contributed by atoms with Crippen LogP contribution >= 0.6 is 11.8 Å². The van der Waals surface area contributed by atoms with Crippen LogP contribution in [-0.4, -0.2) is 51.9 Å². The molecular weight excluding hydrogens is 224 g/mol. The molecule has 3 fully saturated rings. The van der Waals surface area contributed by atoms with Gasteiger partial charge in [-0.3, -0.25) is 14.5 Å². The molecule has 0 aromatic heterocycles. The predicted molar refractivity (Wildman–Crippen MR) is 62.3 cm³/mol. The molecule has 0 radical (unpaired) electrons. The fraction of sp³-hybridized carbons (Fsp3) is 0.818. The van der Waals surface area contributed by atoms with E-state index in [1.165, 1.54) is 17.7 Å². The van der Waals surface area contributed by atoms with Gasteiger partial charge in [0.25, 0.3) is 5.24 Å². The van der Waals surface area contributed by atoms with Gasteiger partial charge in [0.15, 0.2) is 0 Å². The van der Waals surface area contributed by atoms with Crippen LogP contribution in [0.5, 0.6) is 0 Å². The normalized spacial score (nSPS) is 39.8. The molecule has 3 aliphatic heterocycles.